The zero-order valence-electron chi connectivity index (χ0n) is 11.9. The minimum absolute atomic E-state index is 0.761. The highest BCUT2D eigenvalue weighted by atomic mass is 15.2. The Morgan fingerprint density at radius 3 is 2.59 bits per heavy atom. The van der Waals surface area contributed by atoms with Crippen molar-refractivity contribution in [3.8, 4) is 0 Å². The molecule has 2 rings (SSSR count). The summed E-state index contributed by atoms with van der Waals surface area (Å²) >= 11 is 0. The van der Waals surface area contributed by atoms with E-state index in [0.29, 0.717) is 0 Å². The van der Waals surface area contributed by atoms with Gasteiger partial charge >= 0.3 is 0 Å². The van der Waals surface area contributed by atoms with Crippen molar-refractivity contribution in [2.24, 2.45) is 5.92 Å². The average Bonchev–Trinajstić information content (AvgIpc) is 2.66. The van der Waals surface area contributed by atoms with Gasteiger partial charge in [0.1, 0.15) is 0 Å². The molecule has 2 heteroatoms. The maximum absolute atomic E-state index is 3.79. The zero-order valence-corrected chi connectivity index (χ0v) is 11.9. The molecule has 0 aromatic heterocycles. The van der Waals surface area contributed by atoms with Crippen LogP contribution in [0, 0.1) is 5.92 Å². The summed E-state index contributed by atoms with van der Waals surface area (Å²) in [5.74, 6) is 0.902. The van der Waals surface area contributed by atoms with E-state index in [-0.39, 0.29) is 0 Å². The lowest BCUT2D eigenvalue weighted by Crippen LogP contribution is -2.53. The molecule has 0 aromatic rings. The fraction of sp³-hybridized carbons (Fsp3) is 1.00. The molecule has 1 aliphatic heterocycles. The van der Waals surface area contributed by atoms with Crippen LogP contribution in [0.5, 0.6) is 0 Å². The standard InChI is InChI=1S/C15H30N2/c1-4-9-16-14-7-5-6-8-15(14)17-11-12(2)10-13(17)3/h12-16H,4-11H2,1-3H3. The molecule has 1 N–H and O–H groups in total. The van der Waals surface area contributed by atoms with Crippen LogP contribution < -0.4 is 5.32 Å². The molecular weight excluding hydrogens is 208 g/mol. The van der Waals surface area contributed by atoms with E-state index in [0.717, 1.165) is 24.0 Å². The molecule has 2 nitrogen and oxygen atoms in total. The van der Waals surface area contributed by atoms with Crippen LogP contribution in [-0.2, 0) is 0 Å². The Labute approximate surface area is 107 Å². The molecule has 0 amide bonds. The minimum Gasteiger partial charge on any atom is -0.312 e. The van der Waals surface area contributed by atoms with Gasteiger partial charge in [0.2, 0.25) is 0 Å². The Morgan fingerprint density at radius 2 is 1.94 bits per heavy atom. The lowest BCUT2D eigenvalue weighted by atomic mass is 9.88. The Kier molecular flexibility index (Phi) is 4.87. The molecule has 1 aliphatic carbocycles. The second kappa shape index (κ2) is 6.19. The second-order valence-corrected chi connectivity index (χ2v) is 6.30. The van der Waals surface area contributed by atoms with Gasteiger partial charge in [0.15, 0.2) is 0 Å². The number of hydrogen-bond donors (Lipinski definition) is 1. The highest BCUT2D eigenvalue weighted by Crippen LogP contribution is 2.31. The molecule has 17 heavy (non-hydrogen) atoms. The molecule has 1 saturated carbocycles. The van der Waals surface area contributed by atoms with Gasteiger partial charge in [-0.2, -0.15) is 0 Å². The van der Waals surface area contributed by atoms with E-state index in [1.165, 1.54) is 51.6 Å². The molecule has 0 radical (unpaired) electrons. The monoisotopic (exact) mass is 238 g/mol. The molecule has 0 bridgehead atoms. The first-order valence-electron chi connectivity index (χ1n) is 7.71. The molecule has 4 unspecified atom stereocenters. The average molecular weight is 238 g/mol. The Morgan fingerprint density at radius 1 is 1.18 bits per heavy atom. The van der Waals surface area contributed by atoms with Crippen molar-refractivity contribution in [2.45, 2.75) is 77.4 Å². The van der Waals surface area contributed by atoms with Crippen LogP contribution in [0.3, 0.4) is 0 Å². The van der Waals surface area contributed by atoms with Gasteiger partial charge in [-0.25, -0.2) is 0 Å². The minimum atomic E-state index is 0.761. The van der Waals surface area contributed by atoms with Crippen LogP contribution in [0.25, 0.3) is 0 Å². The predicted molar refractivity (Wildman–Crippen MR) is 74.3 cm³/mol. The van der Waals surface area contributed by atoms with Gasteiger partial charge in [-0.05, 0) is 45.1 Å². The summed E-state index contributed by atoms with van der Waals surface area (Å²) in [5.41, 5.74) is 0. The van der Waals surface area contributed by atoms with Gasteiger partial charge in [-0.15, -0.1) is 0 Å². The maximum atomic E-state index is 3.79. The van der Waals surface area contributed by atoms with Crippen molar-refractivity contribution in [2.75, 3.05) is 13.1 Å². The molecule has 0 aromatic carbocycles. The summed E-state index contributed by atoms with van der Waals surface area (Å²) in [7, 11) is 0. The van der Waals surface area contributed by atoms with Crippen LogP contribution in [-0.4, -0.2) is 36.1 Å². The molecule has 2 aliphatic rings. The quantitative estimate of drug-likeness (QED) is 0.810. The molecular formula is C15H30N2. The van der Waals surface area contributed by atoms with Crippen molar-refractivity contribution in [3.63, 3.8) is 0 Å². The van der Waals surface area contributed by atoms with Gasteiger partial charge in [0.05, 0.1) is 0 Å². The summed E-state index contributed by atoms with van der Waals surface area (Å²) < 4.78 is 0. The predicted octanol–water partition coefficient (Wildman–Crippen LogP) is 3.03. The summed E-state index contributed by atoms with van der Waals surface area (Å²) in [4.78, 5) is 2.80. The Balaban J connectivity index is 1.95. The van der Waals surface area contributed by atoms with Gasteiger partial charge in [-0.1, -0.05) is 26.7 Å². The molecule has 0 spiro atoms. The van der Waals surface area contributed by atoms with Gasteiger partial charge in [0, 0.05) is 24.7 Å². The molecule has 1 heterocycles. The van der Waals surface area contributed by atoms with E-state index >= 15 is 0 Å². The topological polar surface area (TPSA) is 15.3 Å². The van der Waals surface area contributed by atoms with Crippen molar-refractivity contribution in [1.29, 1.82) is 0 Å². The summed E-state index contributed by atoms with van der Waals surface area (Å²) in [5, 5.41) is 3.79. The van der Waals surface area contributed by atoms with Crippen LogP contribution in [0.15, 0.2) is 0 Å². The van der Waals surface area contributed by atoms with Crippen LogP contribution >= 0.6 is 0 Å². The Bertz CT molecular complexity index is 229. The SMILES string of the molecule is CCCNC1CCCCC1N1CC(C)CC1C. The third-order valence-corrected chi connectivity index (χ3v) is 4.64. The lowest BCUT2D eigenvalue weighted by Gasteiger charge is -2.40. The highest BCUT2D eigenvalue weighted by molar-refractivity contribution is 4.93. The number of rotatable bonds is 4. The van der Waals surface area contributed by atoms with Crippen molar-refractivity contribution in [1.82, 2.24) is 10.2 Å². The summed E-state index contributed by atoms with van der Waals surface area (Å²) in [6.07, 6.45) is 8.33. The molecule has 1 saturated heterocycles. The third-order valence-electron chi connectivity index (χ3n) is 4.64. The molecule has 2 fully saturated rings. The summed E-state index contributed by atoms with van der Waals surface area (Å²) in [6, 6.07) is 2.38. The van der Waals surface area contributed by atoms with Gasteiger partial charge < -0.3 is 5.32 Å². The normalized spacial score (nSPS) is 39.7. The van der Waals surface area contributed by atoms with Crippen LogP contribution in [0.4, 0.5) is 0 Å². The van der Waals surface area contributed by atoms with Crippen LogP contribution in [0.1, 0.15) is 59.3 Å². The van der Waals surface area contributed by atoms with Crippen molar-refractivity contribution >= 4 is 0 Å². The van der Waals surface area contributed by atoms with E-state index in [9.17, 15) is 0 Å². The van der Waals surface area contributed by atoms with E-state index in [4.69, 9.17) is 0 Å². The zero-order chi connectivity index (χ0) is 12.3. The number of nitrogens with zero attached hydrogens (tertiary/aromatic N) is 1. The first-order chi connectivity index (χ1) is 8.22. The number of likely N-dealkylation sites (tertiary alicyclic amines) is 1. The van der Waals surface area contributed by atoms with E-state index in [2.05, 4.69) is 31.0 Å². The Hall–Kier alpha value is -0.0800. The van der Waals surface area contributed by atoms with Crippen molar-refractivity contribution in [3.05, 3.63) is 0 Å². The summed E-state index contributed by atoms with van der Waals surface area (Å²) in [6.45, 7) is 9.63. The van der Waals surface area contributed by atoms with Gasteiger partial charge in [0.25, 0.3) is 0 Å². The fourth-order valence-electron chi connectivity index (χ4n) is 3.87. The second-order valence-electron chi connectivity index (χ2n) is 6.30. The molecule has 100 valence electrons. The third kappa shape index (κ3) is 3.23. The van der Waals surface area contributed by atoms with E-state index < -0.39 is 0 Å². The van der Waals surface area contributed by atoms with E-state index in [1.807, 2.05) is 0 Å². The largest absolute Gasteiger partial charge is 0.312 e. The highest BCUT2D eigenvalue weighted by Gasteiger charge is 2.36. The van der Waals surface area contributed by atoms with Crippen LogP contribution in [0.2, 0.25) is 0 Å². The molecule has 4 atom stereocenters. The first-order valence-corrected chi connectivity index (χ1v) is 7.71. The lowest BCUT2D eigenvalue weighted by molar-refractivity contribution is 0.114. The number of hydrogen-bond acceptors (Lipinski definition) is 2. The van der Waals surface area contributed by atoms with E-state index in [1.54, 1.807) is 0 Å². The number of nitrogens with one attached hydrogen (secondary N) is 1. The fourth-order valence-corrected chi connectivity index (χ4v) is 3.87. The first kappa shape index (κ1) is 13.4. The van der Waals surface area contributed by atoms with Gasteiger partial charge in [-0.3, -0.25) is 4.90 Å². The maximum Gasteiger partial charge on any atom is 0.0252 e. The smallest absolute Gasteiger partial charge is 0.0252 e. The van der Waals surface area contributed by atoms with Crippen molar-refractivity contribution < 1.29 is 0 Å².